The SMILES string of the molecule is C[C@@H](NC(=O)c1ccc(Cl)cc1)[C@H]1CCCO1. The number of halogens is 1. The zero-order valence-corrected chi connectivity index (χ0v) is 10.5. The lowest BCUT2D eigenvalue weighted by molar-refractivity contribution is 0.0712. The van der Waals surface area contributed by atoms with Gasteiger partial charge in [-0.2, -0.15) is 0 Å². The fourth-order valence-electron chi connectivity index (χ4n) is 1.98. The van der Waals surface area contributed by atoms with Crippen LogP contribution in [-0.2, 0) is 4.74 Å². The second kappa shape index (κ2) is 5.52. The summed E-state index contributed by atoms with van der Waals surface area (Å²) in [4.78, 5) is 11.9. The van der Waals surface area contributed by atoms with Gasteiger partial charge in [-0.25, -0.2) is 0 Å². The predicted octanol–water partition coefficient (Wildman–Crippen LogP) is 2.64. The van der Waals surface area contributed by atoms with Gasteiger partial charge in [0.25, 0.3) is 5.91 Å². The molecule has 4 heteroatoms. The minimum Gasteiger partial charge on any atom is -0.376 e. The molecule has 1 fully saturated rings. The molecule has 0 saturated carbocycles. The number of benzene rings is 1. The van der Waals surface area contributed by atoms with Gasteiger partial charge in [-0.05, 0) is 44.0 Å². The maximum atomic E-state index is 11.9. The summed E-state index contributed by atoms with van der Waals surface area (Å²) >= 11 is 5.77. The molecule has 0 aromatic heterocycles. The van der Waals surface area contributed by atoms with E-state index in [2.05, 4.69) is 5.32 Å². The second-order valence-electron chi connectivity index (χ2n) is 4.32. The van der Waals surface area contributed by atoms with E-state index < -0.39 is 0 Å². The van der Waals surface area contributed by atoms with Gasteiger partial charge in [0.05, 0.1) is 12.1 Å². The Bertz CT molecular complexity index is 385. The topological polar surface area (TPSA) is 38.3 Å². The summed E-state index contributed by atoms with van der Waals surface area (Å²) in [7, 11) is 0. The molecule has 0 aliphatic carbocycles. The number of ether oxygens (including phenoxy) is 1. The molecule has 2 atom stereocenters. The Morgan fingerprint density at radius 2 is 2.18 bits per heavy atom. The highest BCUT2D eigenvalue weighted by Crippen LogP contribution is 2.16. The smallest absolute Gasteiger partial charge is 0.251 e. The summed E-state index contributed by atoms with van der Waals surface area (Å²) in [5.41, 5.74) is 0.624. The molecule has 1 aliphatic rings. The fourth-order valence-corrected chi connectivity index (χ4v) is 2.11. The van der Waals surface area contributed by atoms with Crippen molar-refractivity contribution in [2.75, 3.05) is 6.61 Å². The van der Waals surface area contributed by atoms with Gasteiger partial charge in [-0.3, -0.25) is 4.79 Å². The second-order valence-corrected chi connectivity index (χ2v) is 4.76. The molecule has 1 saturated heterocycles. The number of hydrogen-bond acceptors (Lipinski definition) is 2. The molecule has 0 unspecified atom stereocenters. The number of amides is 1. The standard InChI is InChI=1S/C13H16ClNO2/c1-9(12-3-2-8-17-12)15-13(16)10-4-6-11(14)7-5-10/h4-7,9,12H,2-3,8H2,1H3,(H,15,16)/t9-,12-/m1/s1. The van der Waals surface area contributed by atoms with Gasteiger partial charge in [0.2, 0.25) is 0 Å². The van der Waals surface area contributed by atoms with Crippen LogP contribution in [0.25, 0.3) is 0 Å². The first-order valence-corrected chi connectivity index (χ1v) is 6.22. The van der Waals surface area contributed by atoms with E-state index in [-0.39, 0.29) is 18.1 Å². The van der Waals surface area contributed by atoms with E-state index in [0.29, 0.717) is 10.6 Å². The predicted molar refractivity (Wildman–Crippen MR) is 67.4 cm³/mol. The molecule has 0 spiro atoms. The van der Waals surface area contributed by atoms with Crippen molar-refractivity contribution in [2.45, 2.75) is 31.9 Å². The minimum atomic E-state index is -0.0790. The third-order valence-electron chi connectivity index (χ3n) is 2.99. The van der Waals surface area contributed by atoms with Crippen LogP contribution in [0.15, 0.2) is 24.3 Å². The van der Waals surface area contributed by atoms with Crippen LogP contribution in [0.1, 0.15) is 30.1 Å². The summed E-state index contributed by atoms with van der Waals surface area (Å²) in [6, 6.07) is 6.92. The van der Waals surface area contributed by atoms with E-state index in [1.54, 1.807) is 24.3 Å². The molecule has 0 bridgehead atoms. The Labute approximate surface area is 106 Å². The lowest BCUT2D eigenvalue weighted by Gasteiger charge is -2.19. The summed E-state index contributed by atoms with van der Waals surface area (Å²) in [5, 5.41) is 3.58. The van der Waals surface area contributed by atoms with Crippen LogP contribution in [-0.4, -0.2) is 24.7 Å². The highest BCUT2D eigenvalue weighted by molar-refractivity contribution is 6.30. The molecular weight excluding hydrogens is 238 g/mol. The van der Waals surface area contributed by atoms with Crippen LogP contribution in [0.5, 0.6) is 0 Å². The largest absolute Gasteiger partial charge is 0.376 e. The van der Waals surface area contributed by atoms with Crippen LogP contribution >= 0.6 is 11.6 Å². The first kappa shape index (κ1) is 12.4. The van der Waals surface area contributed by atoms with Gasteiger partial charge in [0, 0.05) is 17.2 Å². The summed E-state index contributed by atoms with van der Waals surface area (Å²) in [5.74, 6) is -0.0790. The third kappa shape index (κ3) is 3.20. The van der Waals surface area contributed by atoms with Crippen LogP contribution in [0.4, 0.5) is 0 Å². The van der Waals surface area contributed by atoms with Gasteiger partial charge in [0.1, 0.15) is 0 Å². The van der Waals surface area contributed by atoms with E-state index in [1.807, 2.05) is 6.92 Å². The Hall–Kier alpha value is -1.06. The van der Waals surface area contributed by atoms with Crippen LogP contribution in [0, 0.1) is 0 Å². The van der Waals surface area contributed by atoms with E-state index >= 15 is 0 Å². The fraction of sp³-hybridized carbons (Fsp3) is 0.462. The Morgan fingerprint density at radius 3 is 2.76 bits per heavy atom. The van der Waals surface area contributed by atoms with Crippen molar-refractivity contribution < 1.29 is 9.53 Å². The maximum absolute atomic E-state index is 11.9. The minimum absolute atomic E-state index is 0.0423. The average Bonchev–Trinajstić information content (AvgIpc) is 2.83. The molecule has 92 valence electrons. The van der Waals surface area contributed by atoms with Crippen molar-refractivity contribution in [2.24, 2.45) is 0 Å². The lowest BCUT2D eigenvalue weighted by atomic mass is 10.1. The lowest BCUT2D eigenvalue weighted by Crippen LogP contribution is -2.40. The Balaban J connectivity index is 1.94. The number of nitrogens with one attached hydrogen (secondary N) is 1. The molecular formula is C13H16ClNO2. The quantitative estimate of drug-likeness (QED) is 0.899. The summed E-state index contributed by atoms with van der Waals surface area (Å²) < 4.78 is 5.53. The molecule has 2 rings (SSSR count). The highest BCUT2D eigenvalue weighted by Gasteiger charge is 2.23. The van der Waals surface area contributed by atoms with Crippen molar-refractivity contribution in [3.63, 3.8) is 0 Å². The number of carbonyl (C=O) groups is 1. The van der Waals surface area contributed by atoms with Gasteiger partial charge in [-0.15, -0.1) is 0 Å². The zero-order chi connectivity index (χ0) is 12.3. The van der Waals surface area contributed by atoms with Crippen LogP contribution < -0.4 is 5.32 Å². The number of carbonyl (C=O) groups excluding carboxylic acids is 1. The monoisotopic (exact) mass is 253 g/mol. The molecule has 1 heterocycles. The Kier molecular flexibility index (Phi) is 4.02. The zero-order valence-electron chi connectivity index (χ0n) is 9.78. The molecule has 17 heavy (non-hydrogen) atoms. The van der Waals surface area contributed by atoms with E-state index in [4.69, 9.17) is 16.3 Å². The van der Waals surface area contributed by atoms with Crippen molar-refractivity contribution in [1.82, 2.24) is 5.32 Å². The van der Waals surface area contributed by atoms with E-state index in [0.717, 1.165) is 19.4 Å². The Morgan fingerprint density at radius 1 is 1.47 bits per heavy atom. The first-order valence-electron chi connectivity index (χ1n) is 5.85. The molecule has 0 radical (unpaired) electrons. The van der Waals surface area contributed by atoms with Crippen molar-refractivity contribution in [1.29, 1.82) is 0 Å². The third-order valence-corrected chi connectivity index (χ3v) is 3.24. The normalized spacial score (nSPS) is 21.2. The highest BCUT2D eigenvalue weighted by atomic mass is 35.5. The molecule has 1 aliphatic heterocycles. The number of rotatable bonds is 3. The first-order chi connectivity index (χ1) is 8.16. The number of hydrogen-bond donors (Lipinski definition) is 1. The molecule has 1 aromatic carbocycles. The molecule has 1 N–H and O–H groups in total. The summed E-state index contributed by atoms with van der Waals surface area (Å²) in [6.45, 7) is 2.77. The molecule has 1 aromatic rings. The van der Waals surface area contributed by atoms with Gasteiger partial charge >= 0.3 is 0 Å². The maximum Gasteiger partial charge on any atom is 0.251 e. The van der Waals surface area contributed by atoms with Gasteiger partial charge < -0.3 is 10.1 Å². The van der Waals surface area contributed by atoms with Crippen molar-refractivity contribution in [3.8, 4) is 0 Å². The van der Waals surface area contributed by atoms with E-state index in [9.17, 15) is 4.79 Å². The van der Waals surface area contributed by atoms with Crippen molar-refractivity contribution >= 4 is 17.5 Å². The molecule has 1 amide bonds. The average molecular weight is 254 g/mol. The molecule has 3 nitrogen and oxygen atoms in total. The van der Waals surface area contributed by atoms with Crippen LogP contribution in [0.3, 0.4) is 0 Å². The summed E-state index contributed by atoms with van der Waals surface area (Å²) in [6.07, 6.45) is 2.24. The van der Waals surface area contributed by atoms with Crippen molar-refractivity contribution in [3.05, 3.63) is 34.9 Å². The van der Waals surface area contributed by atoms with Gasteiger partial charge in [-0.1, -0.05) is 11.6 Å². The van der Waals surface area contributed by atoms with Crippen LogP contribution in [0.2, 0.25) is 5.02 Å². The van der Waals surface area contributed by atoms with E-state index in [1.165, 1.54) is 0 Å². The van der Waals surface area contributed by atoms with Gasteiger partial charge in [0.15, 0.2) is 0 Å².